The third-order valence-electron chi connectivity index (χ3n) is 4.07. The first-order valence-corrected chi connectivity index (χ1v) is 9.80. The Hall–Kier alpha value is -0.870. The van der Waals surface area contributed by atoms with Crippen LogP contribution in [0.2, 0.25) is 0 Å². The zero-order chi connectivity index (χ0) is 17.9. The standard InChI is InChI=1S/C20H38O4/c1-2-3-4-11-14-19(22)15-12-9-7-5-6-8-10-13-16-20(23)24-18-17-21/h9,12,19,21-22H,2-8,10-11,13-18H2,1H3/t19-/m1/s1. The van der Waals surface area contributed by atoms with Crippen molar-refractivity contribution in [3.8, 4) is 0 Å². The van der Waals surface area contributed by atoms with Crippen molar-refractivity contribution < 1.29 is 19.7 Å². The molecule has 0 fully saturated rings. The van der Waals surface area contributed by atoms with Gasteiger partial charge < -0.3 is 14.9 Å². The summed E-state index contributed by atoms with van der Waals surface area (Å²) in [4.78, 5) is 11.2. The van der Waals surface area contributed by atoms with Crippen molar-refractivity contribution >= 4 is 5.97 Å². The molecule has 0 aliphatic heterocycles. The van der Waals surface area contributed by atoms with Gasteiger partial charge in [-0.05, 0) is 32.1 Å². The van der Waals surface area contributed by atoms with Crippen LogP contribution >= 0.6 is 0 Å². The molecule has 0 aromatic carbocycles. The van der Waals surface area contributed by atoms with Crippen molar-refractivity contribution in [2.75, 3.05) is 13.2 Å². The quantitative estimate of drug-likeness (QED) is 0.231. The molecule has 4 heteroatoms. The molecule has 0 spiro atoms. The van der Waals surface area contributed by atoms with Gasteiger partial charge in [-0.1, -0.05) is 64.0 Å². The molecule has 4 nitrogen and oxygen atoms in total. The van der Waals surface area contributed by atoms with Crippen LogP contribution in [0.25, 0.3) is 0 Å². The fourth-order valence-corrected chi connectivity index (χ4v) is 2.59. The summed E-state index contributed by atoms with van der Waals surface area (Å²) in [6.45, 7) is 2.21. The number of unbranched alkanes of at least 4 members (excludes halogenated alkanes) is 8. The lowest BCUT2D eigenvalue weighted by atomic mass is 10.1. The monoisotopic (exact) mass is 342 g/mol. The molecule has 0 rings (SSSR count). The molecule has 0 heterocycles. The third-order valence-corrected chi connectivity index (χ3v) is 4.07. The Labute approximate surface area is 148 Å². The first-order valence-electron chi connectivity index (χ1n) is 9.80. The smallest absolute Gasteiger partial charge is 0.305 e. The second kappa shape index (κ2) is 18.5. The van der Waals surface area contributed by atoms with E-state index in [1.165, 1.54) is 25.7 Å². The van der Waals surface area contributed by atoms with Gasteiger partial charge in [0.05, 0.1) is 12.7 Å². The first kappa shape index (κ1) is 23.1. The van der Waals surface area contributed by atoms with E-state index in [0.717, 1.165) is 51.4 Å². The summed E-state index contributed by atoms with van der Waals surface area (Å²) in [5.41, 5.74) is 0. The summed E-state index contributed by atoms with van der Waals surface area (Å²) in [6.07, 6.45) is 17.6. The maximum Gasteiger partial charge on any atom is 0.305 e. The van der Waals surface area contributed by atoms with Crippen molar-refractivity contribution in [1.82, 2.24) is 0 Å². The van der Waals surface area contributed by atoms with Gasteiger partial charge in [0.25, 0.3) is 0 Å². The van der Waals surface area contributed by atoms with Crippen LogP contribution in [0.4, 0.5) is 0 Å². The third kappa shape index (κ3) is 17.5. The van der Waals surface area contributed by atoms with Gasteiger partial charge in [-0.3, -0.25) is 4.79 Å². The van der Waals surface area contributed by atoms with Crippen LogP contribution in [0.1, 0.15) is 90.4 Å². The minimum atomic E-state index is -0.208. The summed E-state index contributed by atoms with van der Waals surface area (Å²) < 4.78 is 4.80. The SMILES string of the molecule is CCCCCC[C@@H](O)CC=CCCCCCCCC(=O)OCCO. The van der Waals surface area contributed by atoms with Crippen LogP contribution in [0.3, 0.4) is 0 Å². The van der Waals surface area contributed by atoms with Crippen molar-refractivity contribution in [1.29, 1.82) is 0 Å². The first-order chi connectivity index (χ1) is 11.7. The highest BCUT2D eigenvalue weighted by atomic mass is 16.5. The summed E-state index contributed by atoms with van der Waals surface area (Å²) in [7, 11) is 0. The Morgan fingerprint density at radius 2 is 1.71 bits per heavy atom. The zero-order valence-corrected chi connectivity index (χ0v) is 15.5. The second-order valence-corrected chi connectivity index (χ2v) is 6.46. The van der Waals surface area contributed by atoms with E-state index in [4.69, 9.17) is 9.84 Å². The van der Waals surface area contributed by atoms with Gasteiger partial charge in [0.15, 0.2) is 0 Å². The summed E-state index contributed by atoms with van der Waals surface area (Å²) in [5.74, 6) is -0.208. The predicted molar refractivity (Wildman–Crippen MR) is 98.9 cm³/mol. The molecule has 24 heavy (non-hydrogen) atoms. The molecule has 1 atom stereocenters. The lowest BCUT2D eigenvalue weighted by Gasteiger charge is -2.07. The fourth-order valence-electron chi connectivity index (χ4n) is 2.59. The molecule has 0 aliphatic carbocycles. The number of hydrogen-bond acceptors (Lipinski definition) is 4. The lowest BCUT2D eigenvalue weighted by molar-refractivity contribution is -0.144. The Morgan fingerprint density at radius 3 is 2.46 bits per heavy atom. The molecule has 0 bridgehead atoms. The largest absolute Gasteiger partial charge is 0.463 e. The van der Waals surface area contributed by atoms with Gasteiger partial charge in [-0.2, -0.15) is 0 Å². The van der Waals surface area contributed by atoms with Gasteiger partial charge in [0.1, 0.15) is 6.61 Å². The average Bonchev–Trinajstić information content (AvgIpc) is 2.58. The number of aliphatic hydroxyl groups excluding tert-OH is 2. The molecule has 142 valence electrons. The number of aliphatic hydroxyl groups is 2. The average molecular weight is 343 g/mol. The fraction of sp³-hybridized carbons (Fsp3) is 0.850. The van der Waals surface area contributed by atoms with Crippen LogP contribution in [0.5, 0.6) is 0 Å². The van der Waals surface area contributed by atoms with Crippen molar-refractivity contribution in [2.45, 2.75) is 96.5 Å². The molecule has 0 aromatic rings. The lowest BCUT2D eigenvalue weighted by Crippen LogP contribution is -2.07. The highest BCUT2D eigenvalue weighted by Crippen LogP contribution is 2.10. The highest BCUT2D eigenvalue weighted by molar-refractivity contribution is 5.69. The molecule has 0 aliphatic rings. The van der Waals surface area contributed by atoms with Crippen molar-refractivity contribution in [3.63, 3.8) is 0 Å². The summed E-state index contributed by atoms with van der Waals surface area (Å²) in [6, 6.07) is 0. The van der Waals surface area contributed by atoms with E-state index in [-0.39, 0.29) is 25.3 Å². The van der Waals surface area contributed by atoms with E-state index in [1.54, 1.807) is 0 Å². The number of esters is 1. The Bertz CT molecular complexity index is 302. The van der Waals surface area contributed by atoms with Crippen LogP contribution in [0.15, 0.2) is 12.2 Å². The number of ether oxygens (including phenoxy) is 1. The van der Waals surface area contributed by atoms with Crippen LogP contribution < -0.4 is 0 Å². The van der Waals surface area contributed by atoms with Crippen LogP contribution in [0, 0.1) is 0 Å². The molecular formula is C20H38O4. The summed E-state index contributed by atoms with van der Waals surface area (Å²) >= 11 is 0. The van der Waals surface area contributed by atoms with Gasteiger partial charge in [0.2, 0.25) is 0 Å². The molecular weight excluding hydrogens is 304 g/mol. The number of allylic oxidation sites excluding steroid dienone is 1. The topological polar surface area (TPSA) is 66.8 Å². The number of carbonyl (C=O) groups excluding carboxylic acids is 1. The maximum atomic E-state index is 11.2. The summed E-state index contributed by atoms with van der Waals surface area (Å²) in [5, 5.41) is 18.4. The van der Waals surface area contributed by atoms with Gasteiger partial charge >= 0.3 is 5.97 Å². The molecule has 0 saturated carbocycles. The highest BCUT2D eigenvalue weighted by Gasteiger charge is 2.02. The molecule has 0 amide bonds. The number of carbonyl (C=O) groups is 1. The van der Waals surface area contributed by atoms with Gasteiger partial charge in [-0.15, -0.1) is 0 Å². The Kier molecular flexibility index (Phi) is 17.8. The predicted octanol–water partition coefficient (Wildman–Crippen LogP) is 4.53. The maximum absolute atomic E-state index is 11.2. The van der Waals surface area contributed by atoms with Gasteiger partial charge in [0, 0.05) is 6.42 Å². The molecule has 2 N–H and O–H groups in total. The van der Waals surface area contributed by atoms with E-state index in [1.807, 2.05) is 0 Å². The molecule has 0 radical (unpaired) electrons. The van der Waals surface area contributed by atoms with E-state index < -0.39 is 0 Å². The Balaban J connectivity index is 3.30. The van der Waals surface area contributed by atoms with Crippen LogP contribution in [-0.4, -0.2) is 35.5 Å². The minimum absolute atomic E-state index is 0.102. The van der Waals surface area contributed by atoms with Gasteiger partial charge in [-0.25, -0.2) is 0 Å². The van der Waals surface area contributed by atoms with Crippen molar-refractivity contribution in [2.24, 2.45) is 0 Å². The van der Waals surface area contributed by atoms with E-state index in [0.29, 0.717) is 6.42 Å². The number of rotatable bonds is 17. The van der Waals surface area contributed by atoms with E-state index in [2.05, 4.69) is 19.1 Å². The minimum Gasteiger partial charge on any atom is -0.463 e. The number of hydrogen-bond donors (Lipinski definition) is 2. The zero-order valence-electron chi connectivity index (χ0n) is 15.5. The second-order valence-electron chi connectivity index (χ2n) is 6.46. The molecule has 0 unspecified atom stereocenters. The molecule has 0 aromatic heterocycles. The van der Waals surface area contributed by atoms with Crippen LogP contribution in [-0.2, 0) is 9.53 Å². The molecule has 0 saturated heterocycles. The Morgan fingerprint density at radius 1 is 1.00 bits per heavy atom. The normalized spacial score (nSPS) is 12.6. The van der Waals surface area contributed by atoms with E-state index in [9.17, 15) is 9.90 Å². The van der Waals surface area contributed by atoms with E-state index >= 15 is 0 Å². The van der Waals surface area contributed by atoms with Crippen molar-refractivity contribution in [3.05, 3.63) is 12.2 Å².